The topological polar surface area (TPSA) is 53.6 Å². The maximum Gasteiger partial charge on any atom is 0.179 e. The average Bonchev–Trinajstić information content (AvgIpc) is 2.82. The van der Waals surface area contributed by atoms with Crippen molar-refractivity contribution in [1.82, 2.24) is 15.0 Å². The van der Waals surface area contributed by atoms with E-state index in [2.05, 4.69) is 21.4 Å². The molecule has 4 atom stereocenters. The first-order valence-electron chi connectivity index (χ1n) is 7.39. The first-order chi connectivity index (χ1) is 9.35. The fraction of sp³-hybridized carbons (Fsp3) is 0.600. The highest BCUT2D eigenvalue weighted by Gasteiger charge is 2.66. The van der Waals surface area contributed by atoms with Gasteiger partial charge >= 0.3 is 0 Å². The lowest BCUT2D eigenvalue weighted by molar-refractivity contribution is 0.456. The molecule has 4 unspecified atom stereocenters. The zero-order chi connectivity index (χ0) is 12.6. The number of H-pyrrole nitrogens is 1. The second-order valence-corrected chi connectivity index (χ2v) is 6.45. The van der Waals surface area contributed by atoms with Crippen LogP contribution in [0.4, 0.5) is 5.82 Å². The molecule has 2 aromatic rings. The Bertz CT molecular complexity index is 645. The minimum Gasteiger partial charge on any atom is -0.373 e. The molecule has 3 aliphatic rings. The Morgan fingerprint density at radius 3 is 2.68 bits per heavy atom. The molecule has 0 saturated heterocycles. The van der Waals surface area contributed by atoms with Crippen molar-refractivity contribution >= 4 is 17.0 Å². The van der Waals surface area contributed by atoms with Crippen molar-refractivity contribution in [3.63, 3.8) is 0 Å². The Morgan fingerprint density at radius 2 is 1.95 bits per heavy atom. The van der Waals surface area contributed by atoms with Crippen molar-refractivity contribution in [3.05, 3.63) is 18.0 Å². The number of nitrogens with zero attached hydrogens (tertiary/aromatic N) is 2. The standard InChI is InChI=1S/C15H18N4/c1-16-10-5-4-9-14(18-10)19-15(17-9)13-11-7-2-3-8(6-7)12(11)13/h4-5,7-8,11-13H,2-3,6H2,1H3,(H2,16,17,18,19). The highest BCUT2D eigenvalue weighted by molar-refractivity contribution is 5.73. The predicted molar refractivity (Wildman–Crippen MR) is 74.0 cm³/mol. The maximum absolute atomic E-state index is 4.76. The van der Waals surface area contributed by atoms with Gasteiger partial charge in [0.1, 0.15) is 11.6 Å². The van der Waals surface area contributed by atoms with Crippen LogP contribution >= 0.6 is 0 Å². The van der Waals surface area contributed by atoms with Gasteiger partial charge in [0, 0.05) is 13.0 Å². The summed E-state index contributed by atoms with van der Waals surface area (Å²) >= 11 is 0. The Labute approximate surface area is 112 Å². The molecule has 2 N–H and O–H groups in total. The molecule has 4 heteroatoms. The molecule has 2 aromatic heterocycles. The molecule has 2 bridgehead atoms. The first-order valence-corrected chi connectivity index (χ1v) is 7.39. The van der Waals surface area contributed by atoms with Gasteiger partial charge in [0.15, 0.2) is 5.65 Å². The van der Waals surface area contributed by atoms with Gasteiger partial charge in [-0.25, -0.2) is 9.97 Å². The molecule has 3 fully saturated rings. The SMILES string of the molecule is CNc1ccc2[nH]c(C3C4C5CCC(C5)C34)nc2n1. The lowest BCUT2D eigenvalue weighted by Crippen LogP contribution is -1.98. The third kappa shape index (κ3) is 1.24. The average molecular weight is 254 g/mol. The molecule has 3 aliphatic carbocycles. The summed E-state index contributed by atoms with van der Waals surface area (Å²) in [6.45, 7) is 0. The summed E-state index contributed by atoms with van der Waals surface area (Å²) in [4.78, 5) is 12.8. The summed E-state index contributed by atoms with van der Waals surface area (Å²) in [6.07, 6.45) is 4.42. The van der Waals surface area contributed by atoms with Crippen LogP contribution in [0.1, 0.15) is 31.0 Å². The molecule has 2 heterocycles. The van der Waals surface area contributed by atoms with Crippen LogP contribution < -0.4 is 5.32 Å². The summed E-state index contributed by atoms with van der Waals surface area (Å²) in [5.74, 6) is 6.65. The number of nitrogens with one attached hydrogen (secondary N) is 2. The van der Waals surface area contributed by atoms with Gasteiger partial charge in [0.2, 0.25) is 0 Å². The Kier molecular flexibility index (Phi) is 1.78. The Balaban J connectivity index is 1.53. The fourth-order valence-corrected chi connectivity index (χ4v) is 4.90. The van der Waals surface area contributed by atoms with Crippen molar-refractivity contribution in [1.29, 1.82) is 0 Å². The zero-order valence-electron chi connectivity index (χ0n) is 11.1. The van der Waals surface area contributed by atoms with Gasteiger partial charge in [-0.2, -0.15) is 0 Å². The molecular formula is C15H18N4. The van der Waals surface area contributed by atoms with E-state index < -0.39 is 0 Å². The van der Waals surface area contributed by atoms with Crippen molar-refractivity contribution in [2.24, 2.45) is 23.7 Å². The normalized spacial score (nSPS) is 38.7. The maximum atomic E-state index is 4.76. The summed E-state index contributed by atoms with van der Waals surface area (Å²) in [5, 5.41) is 3.07. The lowest BCUT2D eigenvalue weighted by Gasteiger charge is -2.05. The van der Waals surface area contributed by atoms with Crippen LogP contribution in [0.3, 0.4) is 0 Å². The van der Waals surface area contributed by atoms with E-state index >= 15 is 0 Å². The smallest absolute Gasteiger partial charge is 0.179 e. The summed E-state index contributed by atoms with van der Waals surface area (Å²) in [7, 11) is 1.89. The van der Waals surface area contributed by atoms with E-state index in [-0.39, 0.29) is 0 Å². The van der Waals surface area contributed by atoms with Crippen molar-refractivity contribution in [3.8, 4) is 0 Å². The van der Waals surface area contributed by atoms with Gasteiger partial charge < -0.3 is 10.3 Å². The van der Waals surface area contributed by atoms with E-state index in [9.17, 15) is 0 Å². The van der Waals surface area contributed by atoms with E-state index in [0.29, 0.717) is 5.92 Å². The summed E-state index contributed by atoms with van der Waals surface area (Å²) in [5.41, 5.74) is 1.94. The highest BCUT2D eigenvalue weighted by Crippen LogP contribution is 2.72. The van der Waals surface area contributed by atoms with Gasteiger partial charge in [0.25, 0.3) is 0 Å². The molecule has 98 valence electrons. The van der Waals surface area contributed by atoms with Crippen LogP contribution in [0.15, 0.2) is 12.1 Å². The molecule has 5 rings (SSSR count). The van der Waals surface area contributed by atoms with Gasteiger partial charge in [-0.15, -0.1) is 0 Å². The Hall–Kier alpha value is -1.58. The number of aromatic amines is 1. The lowest BCUT2D eigenvalue weighted by atomic mass is 10.0. The molecule has 0 radical (unpaired) electrons. The third-order valence-electron chi connectivity index (χ3n) is 5.67. The number of fused-ring (bicyclic) bond motifs is 6. The van der Waals surface area contributed by atoms with Crippen LogP contribution in [0.5, 0.6) is 0 Å². The first kappa shape index (κ1) is 10.2. The summed E-state index contributed by atoms with van der Waals surface area (Å²) in [6, 6.07) is 4.08. The van der Waals surface area contributed by atoms with Gasteiger partial charge in [-0.05, 0) is 55.1 Å². The van der Waals surface area contributed by atoms with Crippen LogP contribution in [-0.4, -0.2) is 22.0 Å². The molecule has 19 heavy (non-hydrogen) atoms. The number of rotatable bonds is 2. The van der Waals surface area contributed by atoms with Crippen LogP contribution in [-0.2, 0) is 0 Å². The second kappa shape index (κ2) is 3.30. The number of anilines is 1. The molecule has 4 nitrogen and oxygen atoms in total. The summed E-state index contributed by atoms with van der Waals surface area (Å²) < 4.78 is 0. The quantitative estimate of drug-likeness (QED) is 0.866. The van der Waals surface area contributed by atoms with E-state index in [0.717, 1.165) is 40.7 Å². The van der Waals surface area contributed by atoms with Crippen molar-refractivity contribution in [2.45, 2.75) is 25.2 Å². The van der Waals surface area contributed by atoms with E-state index in [1.165, 1.54) is 25.1 Å². The fourth-order valence-electron chi connectivity index (χ4n) is 4.90. The molecule has 0 aromatic carbocycles. The number of hydrogen-bond donors (Lipinski definition) is 2. The minimum absolute atomic E-state index is 0.707. The van der Waals surface area contributed by atoms with E-state index in [1.54, 1.807) is 0 Å². The van der Waals surface area contributed by atoms with Gasteiger partial charge in [0.05, 0.1) is 5.52 Å². The van der Waals surface area contributed by atoms with E-state index in [4.69, 9.17) is 4.98 Å². The number of aromatic nitrogens is 3. The van der Waals surface area contributed by atoms with Crippen LogP contribution in [0.2, 0.25) is 0 Å². The number of pyridine rings is 1. The van der Waals surface area contributed by atoms with Gasteiger partial charge in [-0.3, -0.25) is 0 Å². The van der Waals surface area contributed by atoms with Crippen LogP contribution in [0, 0.1) is 23.7 Å². The van der Waals surface area contributed by atoms with Crippen LogP contribution in [0.25, 0.3) is 11.2 Å². The molecule has 3 saturated carbocycles. The van der Waals surface area contributed by atoms with Crippen molar-refractivity contribution < 1.29 is 0 Å². The van der Waals surface area contributed by atoms with E-state index in [1.807, 2.05) is 13.1 Å². The molecule has 0 aliphatic heterocycles. The largest absolute Gasteiger partial charge is 0.373 e. The Morgan fingerprint density at radius 1 is 1.16 bits per heavy atom. The third-order valence-corrected chi connectivity index (χ3v) is 5.67. The number of hydrogen-bond acceptors (Lipinski definition) is 3. The number of imidazole rings is 1. The highest BCUT2D eigenvalue weighted by atomic mass is 15.1. The predicted octanol–water partition coefficient (Wildman–Crippen LogP) is 2.76. The molecule has 0 amide bonds. The van der Waals surface area contributed by atoms with Crippen molar-refractivity contribution in [2.75, 3.05) is 12.4 Å². The second-order valence-electron chi connectivity index (χ2n) is 6.45. The molecular weight excluding hydrogens is 236 g/mol. The van der Waals surface area contributed by atoms with Gasteiger partial charge in [-0.1, -0.05) is 0 Å². The monoisotopic (exact) mass is 254 g/mol. The molecule has 0 spiro atoms. The zero-order valence-corrected chi connectivity index (χ0v) is 11.1. The minimum atomic E-state index is 0.707.